The Balaban J connectivity index is 3.83. The summed E-state index contributed by atoms with van der Waals surface area (Å²) in [5.74, 6) is -1.42. The molecule has 0 saturated carbocycles. The van der Waals surface area contributed by atoms with Crippen molar-refractivity contribution in [3.05, 3.63) is 0 Å². The lowest BCUT2D eigenvalue weighted by Gasteiger charge is -2.07. The molecule has 0 rings (SSSR count). The molecular weight excluding hydrogens is 134 g/mol. The van der Waals surface area contributed by atoms with Crippen LogP contribution in [-0.2, 0) is 14.3 Å². The lowest BCUT2D eigenvalue weighted by Crippen LogP contribution is -2.31. The number of nitrogens with zero attached hydrogens (tertiary/aromatic N) is 1. The second kappa shape index (κ2) is 3.87. The predicted molar refractivity (Wildman–Crippen MR) is 35.3 cm³/mol. The van der Waals surface area contributed by atoms with Gasteiger partial charge in [0.15, 0.2) is 0 Å². The van der Waals surface area contributed by atoms with Crippen molar-refractivity contribution in [1.82, 2.24) is 4.90 Å². The SMILES string of the molecule is CCOC(=O)C(=O)N(C)C. The quantitative estimate of drug-likeness (QED) is 0.374. The molecule has 0 atom stereocenters. The molecule has 0 aromatic rings. The molecule has 0 radical (unpaired) electrons. The van der Waals surface area contributed by atoms with Crippen LogP contribution in [0.1, 0.15) is 6.92 Å². The van der Waals surface area contributed by atoms with Gasteiger partial charge in [-0.2, -0.15) is 0 Å². The molecule has 4 nitrogen and oxygen atoms in total. The van der Waals surface area contributed by atoms with Crippen molar-refractivity contribution in [2.24, 2.45) is 0 Å². The zero-order chi connectivity index (χ0) is 8.15. The highest BCUT2D eigenvalue weighted by molar-refractivity contribution is 6.32. The molecule has 0 unspecified atom stereocenters. The Hall–Kier alpha value is -1.06. The normalized spacial score (nSPS) is 8.70. The van der Waals surface area contributed by atoms with Gasteiger partial charge >= 0.3 is 11.9 Å². The first-order valence-electron chi connectivity index (χ1n) is 2.98. The molecule has 0 spiro atoms. The molecule has 0 heterocycles. The van der Waals surface area contributed by atoms with Gasteiger partial charge in [0.2, 0.25) is 0 Å². The minimum absolute atomic E-state index is 0.235. The van der Waals surface area contributed by atoms with Crippen LogP contribution < -0.4 is 0 Å². The van der Waals surface area contributed by atoms with Crippen molar-refractivity contribution in [1.29, 1.82) is 0 Å². The van der Waals surface area contributed by atoms with Crippen LogP contribution in [0.25, 0.3) is 0 Å². The first-order chi connectivity index (χ1) is 4.59. The summed E-state index contributed by atoms with van der Waals surface area (Å²) in [6.45, 7) is 1.89. The molecule has 0 aromatic carbocycles. The Bertz CT molecular complexity index is 142. The predicted octanol–water partition coefficient (Wildman–Crippen LogP) is -0.362. The number of amides is 1. The zero-order valence-electron chi connectivity index (χ0n) is 6.38. The van der Waals surface area contributed by atoms with Gasteiger partial charge in [0.1, 0.15) is 0 Å². The van der Waals surface area contributed by atoms with E-state index in [1.165, 1.54) is 19.0 Å². The number of hydrogen-bond acceptors (Lipinski definition) is 3. The van der Waals surface area contributed by atoms with E-state index in [2.05, 4.69) is 4.74 Å². The first kappa shape index (κ1) is 8.94. The van der Waals surface area contributed by atoms with Gasteiger partial charge in [-0.15, -0.1) is 0 Å². The molecule has 0 N–H and O–H groups in total. The van der Waals surface area contributed by atoms with E-state index in [-0.39, 0.29) is 6.61 Å². The largest absolute Gasteiger partial charge is 0.459 e. The maximum Gasteiger partial charge on any atom is 0.396 e. The van der Waals surface area contributed by atoms with Crippen LogP contribution >= 0.6 is 0 Å². The molecular formula is C6H11NO3. The number of carbonyl (C=O) groups is 2. The monoisotopic (exact) mass is 145 g/mol. The summed E-state index contributed by atoms with van der Waals surface area (Å²) in [7, 11) is 3.00. The van der Waals surface area contributed by atoms with Gasteiger partial charge in [-0.25, -0.2) is 4.79 Å². The highest BCUT2D eigenvalue weighted by atomic mass is 16.5. The van der Waals surface area contributed by atoms with Crippen molar-refractivity contribution in [2.45, 2.75) is 6.92 Å². The summed E-state index contributed by atoms with van der Waals surface area (Å²) in [5, 5.41) is 0. The molecule has 0 bridgehead atoms. The molecule has 0 aliphatic rings. The lowest BCUT2D eigenvalue weighted by atomic mass is 10.6. The maximum absolute atomic E-state index is 10.7. The van der Waals surface area contributed by atoms with Crippen molar-refractivity contribution in [3.8, 4) is 0 Å². The van der Waals surface area contributed by atoms with Gasteiger partial charge in [-0.1, -0.05) is 0 Å². The highest BCUT2D eigenvalue weighted by Crippen LogP contribution is 1.83. The summed E-state index contributed by atoms with van der Waals surface area (Å²) in [5.41, 5.74) is 0. The Morgan fingerprint density at radius 2 is 1.90 bits per heavy atom. The fourth-order valence-electron chi connectivity index (χ4n) is 0.375. The van der Waals surface area contributed by atoms with Crippen LogP contribution in [0.4, 0.5) is 0 Å². The van der Waals surface area contributed by atoms with Crippen LogP contribution in [0.2, 0.25) is 0 Å². The summed E-state index contributed by atoms with van der Waals surface area (Å²) >= 11 is 0. The van der Waals surface area contributed by atoms with E-state index in [9.17, 15) is 9.59 Å². The number of likely N-dealkylation sites (N-methyl/N-ethyl adjacent to an activating group) is 1. The Kier molecular flexibility index (Phi) is 3.46. The maximum atomic E-state index is 10.7. The molecule has 0 saturated heterocycles. The van der Waals surface area contributed by atoms with Gasteiger partial charge < -0.3 is 9.64 Å². The average Bonchev–Trinajstić information content (AvgIpc) is 1.87. The topological polar surface area (TPSA) is 46.6 Å². The van der Waals surface area contributed by atoms with Crippen molar-refractivity contribution >= 4 is 11.9 Å². The first-order valence-corrected chi connectivity index (χ1v) is 2.98. The Labute approximate surface area is 59.8 Å². The van der Waals surface area contributed by atoms with Crippen LogP contribution in [0, 0.1) is 0 Å². The van der Waals surface area contributed by atoms with Crippen LogP contribution in [-0.4, -0.2) is 37.5 Å². The standard InChI is InChI=1S/C6H11NO3/c1-4-10-6(9)5(8)7(2)3/h4H2,1-3H3. The fraction of sp³-hybridized carbons (Fsp3) is 0.667. The van der Waals surface area contributed by atoms with E-state index in [4.69, 9.17) is 0 Å². The van der Waals surface area contributed by atoms with Gasteiger partial charge in [0, 0.05) is 14.1 Å². The van der Waals surface area contributed by atoms with E-state index in [1.54, 1.807) is 6.92 Å². The van der Waals surface area contributed by atoms with Crippen LogP contribution in [0.15, 0.2) is 0 Å². The zero-order valence-corrected chi connectivity index (χ0v) is 6.38. The second-order valence-electron chi connectivity index (χ2n) is 1.92. The van der Waals surface area contributed by atoms with Gasteiger partial charge in [0.05, 0.1) is 6.61 Å². The number of carbonyl (C=O) groups excluding carboxylic acids is 2. The van der Waals surface area contributed by atoms with E-state index < -0.39 is 11.9 Å². The minimum Gasteiger partial charge on any atom is -0.459 e. The lowest BCUT2D eigenvalue weighted by molar-refractivity contribution is -0.158. The van der Waals surface area contributed by atoms with Crippen molar-refractivity contribution in [2.75, 3.05) is 20.7 Å². The van der Waals surface area contributed by atoms with Crippen molar-refractivity contribution in [3.63, 3.8) is 0 Å². The number of rotatable bonds is 1. The molecule has 0 fully saturated rings. The summed E-state index contributed by atoms with van der Waals surface area (Å²) in [6.07, 6.45) is 0. The molecule has 58 valence electrons. The van der Waals surface area contributed by atoms with Crippen LogP contribution in [0.3, 0.4) is 0 Å². The summed E-state index contributed by atoms with van der Waals surface area (Å²) < 4.78 is 4.43. The number of esters is 1. The molecule has 1 amide bonds. The van der Waals surface area contributed by atoms with E-state index in [1.807, 2.05) is 0 Å². The average molecular weight is 145 g/mol. The number of hydrogen-bond donors (Lipinski definition) is 0. The fourth-order valence-corrected chi connectivity index (χ4v) is 0.375. The second-order valence-corrected chi connectivity index (χ2v) is 1.92. The van der Waals surface area contributed by atoms with Gasteiger partial charge in [-0.05, 0) is 6.92 Å². The third-order valence-corrected chi connectivity index (χ3v) is 0.856. The molecule has 0 aliphatic carbocycles. The van der Waals surface area contributed by atoms with Crippen molar-refractivity contribution < 1.29 is 14.3 Å². The molecule has 0 aromatic heterocycles. The molecule has 4 heteroatoms. The van der Waals surface area contributed by atoms with E-state index in [0.29, 0.717) is 0 Å². The van der Waals surface area contributed by atoms with E-state index >= 15 is 0 Å². The van der Waals surface area contributed by atoms with Crippen LogP contribution in [0.5, 0.6) is 0 Å². The highest BCUT2D eigenvalue weighted by Gasteiger charge is 2.15. The third kappa shape index (κ3) is 2.48. The minimum atomic E-state index is -0.799. The van der Waals surface area contributed by atoms with E-state index in [0.717, 1.165) is 0 Å². The Morgan fingerprint density at radius 3 is 2.20 bits per heavy atom. The van der Waals surface area contributed by atoms with Gasteiger partial charge in [-0.3, -0.25) is 4.79 Å². The Morgan fingerprint density at radius 1 is 1.40 bits per heavy atom. The van der Waals surface area contributed by atoms with Gasteiger partial charge in [0.25, 0.3) is 0 Å². The summed E-state index contributed by atoms with van der Waals surface area (Å²) in [4.78, 5) is 22.4. The summed E-state index contributed by atoms with van der Waals surface area (Å²) in [6, 6.07) is 0. The third-order valence-electron chi connectivity index (χ3n) is 0.856. The number of ether oxygens (including phenoxy) is 1. The smallest absolute Gasteiger partial charge is 0.396 e. The molecule has 10 heavy (non-hydrogen) atoms. The molecule has 0 aliphatic heterocycles.